The predicted octanol–water partition coefficient (Wildman–Crippen LogP) is 2.52. The number of carbonyl (C=O) groups excluding carboxylic acids is 1. The quantitative estimate of drug-likeness (QED) is 0.871. The molecule has 0 unspecified atom stereocenters. The van der Waals surface area contributed by atoms with Gasteiger partial charge < -0.3 is 15.4 Å². The topological polar surface area (TPSA) is 67.4 Å². The van der Waals surface area contributed by atoms with E-state index in [1.54, 1.807) is 24.5 Å². The van der Waals surface area contributed by atoms with Crippen LogP contribution in [0.2, 0.25) is 5.02 Å². The maximum Gasteiger partial charge on any atom is 0.319 e. The third-order valence-electron chi connectivity index (χ3n) is 3.16. The molecule has 0 spiro atoms. The van der Waals surface area contributed by atoms with Crippen molar-refractivity contribution in [1.29, 1.82) is 0 Å². The lowest BCUT2D eigenvalue weighted by Gasteiger charge is -2.13. The minimum atomic E-state index is -0.937. The Hall–Kier alpha value is -1.11. The lowest BCUT2D eigenvalue weighted by molar-refractivity contribution is 0.112. The van der Waals surface area contributed by atoms with Gasteiger partial charge in [-0.3, -0.25) is 4.21 Å². The molecule has 7 heteroatoms. The van der Waals surface area contributed by atoms with E-state index in [9.17, 15) is 9.00 Å². The van der Waals surface area contributed by atoms with E-state index in [1.807, 2.05) is 0 Å². The summed E-state index contributed by atoms with van der Waals surface area (Å²) in [4.78, 5) is 11.9. The molecule has 2 N–H and O–H groups in total. The fourth-order valence-electron chi connectivity index (χ4n) is 2.17. The summed E-state index contributed by atoms with van der Waals surface area (Å²) in [6.45, 7) is 1.25. The molecule has 1 aromatic carbocycles. The SMILES string of the molecule is C[S@@](=O)Cc1ccc(Cl)c(NC(=O)NC[C@@H]2CCCO2)c1. The molecule has 116 valence electrons. The Labute approximate surface area is 131 Å². The molecule has 1 heterocycles. The molecule has 1 fully saturated rings. The van der Waals surface area contributed by atoms with Gasteiger partial charge in [0.2, 0.25) is 0 Å². The van der Waals surface area contributed by atoms with E-state index in [-0.39, 0.29) is 12.1 Å². The van der Waals surface area contributed by atoms with Crippen molar-refractivity contribution in [2.24, 2.45) is 0 Å². The van der Waals surface area contributed by atoms with Crippen molar-refractivity contribution in [3.63, 3.8) is 0 Å². The number of nitrogens with one attached hydrogen (secondary N) is 2. The molecule has 2 atom stereocenters. The molecule has 21 heavy (non-hydrogen) atoms. The van der Waals surface area contributed by atoms with Gasteiger partial charge in [0.05, 0.1) is 16.8 Å². The molecule has 0 aliphatic carbocycles. The number of carbonyl (C=O) groups is 1. The zero-order valence-electron chi connectivity index (χ0n) is 11.9. The van der Waals surface area contributed by atoms with Crippen molar-refractivity contribution in [2.45, 2.75) is 24.7 Å². The van der Waals surface area contributed by atoms with Crippen LogP contribution in [0.3, 0.4) is 0 Å². The third-order valence-corrected chi connectivity index (χ3v) is 4.23. The molecule has 5 nitrogen and oxygen atoms in total. The average Bonchev–Trinajstić information content (AvgIpc) is 2.93. The molecule has 0 radical (unpaired) electrons. The first-order valence-corrected chi connectivity index (χ1v) is 8.90. The van der Waals surface area contributed by atoms with Gasteiger partial charge in [0.15, 0.2) is 0 Å². The standard InChI is InChI=1S/C14H19ClN2O3S/c1-21(19)9-10-4-5-12(15)13(7-10)17-14(18)16-8-11-3-2-6-20-11/h4-5,7,11H,2-3,6,8-9H2,1H3,(H2,16,17,18)/t11-,21+/m0/s1. The van der Waals surface area contributed by atoms with Gasteiger partial charge >= 0.3 is 6.03 Å². The first-order chi connectivity index (χ1) is 10.0. The van der Waals surface area contributed by atoms with Crippen molar-refractivity contribution >= 4 is 34.1 Å². The minimum Gasteiger partial charge on any atom is -0.376 e. The van der Waals surface area contributed by atoms with E-state index in [2.05, 4.69) is 10.6 Å². The highest BCUT2D eigenvalue weighted by molar-refractivity contribution is 7.83. The summed E-state index contributed by atoms with van der Waals surface area (Å²) in [6.07, 6.45) is 3.74. The maximum atomic E-state index is 11.9. The summed E-state index contributed by atoms with van der Waals surface area (Å²) in [5, 5.41) is 5.93. The summed E-state index contributed by atoms with van der Waals surface area (Å²) < 4.78 is 16.7. The first kappa shape index (κ1) is 16.3. The molecule has 1 aliphatic rings. The number of anilines is 1. The van der Waals surface area contributed by atoms with Crippen LogP contribution in [0.5, 0.6) is 0 Å². The van der Waals surface area contributed by atoms with Gasteiger partial charge in [0, 0.05) is 36.0 Å². The second-order valence-electron chi connectivity index (χ2n) is 5.00. The number of hydrogen-bond donors (Lipinski definition) is 2. The van der Waals surface area contributed by atoms with E-state index in [1.165, 1.54) is 0 Å². The molecule has 1 aliphatic heterocycles. The summed E-state index contributed by atoms with van der Waals surface area (Å²) in [6, 6.07) is 4.93. The highest BCUT2D eigenvalue weighted by atomic mass is 35.5. The fraction of sp³-hybridized carbons (Fsp3) is 0.500. The number of urea groups is 1. The van der Waals surface area contributed by atoms with Crippen LogP contribution in [0, 0.1) is 0 Å². The first-order valence-electron chi connectivity index (χ1n) is 6.79. The normalized spacial score (nSPS) is 19.2. The lowest BCUT2D eigenvalue weighted by Crippen LogP contribution is -2.35. The molecule has 0 aromatic heterocycles. The van der Waals surface area contributed by atoms with Crippen LogP contribution < -0.4 is 10.6 Å². The van der Waals surface area contributed by atoms with Crippen molar-refractivity contribution in [2.75, 3.05) is 24.7 Å². The Morgan fingerprint density at radius 3 is 3.00 bits per heavy atom. The van der Waals surface area contributed by atoms with Gasteiger partial charge in [-0.05, 0) is 30.5 Å². The third kappa shape index (κ3) is 5.30. The van der Waals surface area contributed by atoms with Crippen LogP contribution in [0.15, 0.2) is 18.2 Å². The van der Waals surface area contributed by atoms with E-state index in [0.717, 1.165) is 25.0 Å². The highest BCUT2D eigenvalue weighted by Crippen LogP contribution is 2.23. The predicted molar refractivity (Wildman–Crippen MR) is 85.2 cm³/mol. The monoisotopic (exact) mass is 330 g/mol. The number of hydrogen-bond acceptors (Lipinski definition) is 3. The van der Waals surface area contributed by atoms with Crippen LogP contribution in [-0.2, 0) is 21.3 Å². The zero-order chi connectivity index (χ0) is 15.2. The Bertz CT molecular complexity index is 533. The summed E-state index contributed by atoms with van der Waals surface area (Å²) in [7, 11) is -0.937. The lowest BCUT2D eigenvalue weighted by atomic mass is 10.2. The maximum absolute atomic E-state index is 11.9. The molecule has 2 amide bonds. The Balaban J connectivity index is 1.90. The average molecular weight is 331 g/mol. The fourth-order valence-corrected chi connectivity index (χ4v) is 2.98. The van der Waals surface area contributed by atoms with Crippen LogP contribution in [-0.4, -0.2) is 35.8 Å². The molecule has 1 saturated heterocycles. The number of rotatable bonds is 5. The molecular formula is C14H19ClN2O3S. The van der Waals surface area contributed by atoms with Gasteiger partial charge in [0.25, 0.3) is 0 Å². The summed E-state index contributed by atoms with van der Waals surface area (Å²) >= 11 is 6.06. The molecule has 2 rings (SSSR count). The van der Waals surface area contributed by atoms with E-state index < -0.39 is 10.8 Å². The van der Waals surface area contributed by atoms with Gasteiger partial charge in [-0.1, -0.05) is 17.7 Å². The van der Waals surface area contributed by atoms with Gasteiger partial charge in [0.1, 0.15) is 0 Å². The molecule has 0 bridgehead atoms. The van der Waals surface area contributed by atoms with Crippen LogP contribution >= 0.6 is 11.6 Å². The van der Waals surface area contributed by atoms with Crippen molar-refractivity contribution in [1.82, 2.24) is 5.32 Å². The van der Waals surface area contributed by atoms with Crippen molar-refractivity contribution in [3.8, 4) is 0 Å². The number of halogens is 1. The summed E-state index contributed by atoms with van der Waals surface area (Å²) in [5.74, 6) is 0.434. The van der Waals surface area contributed by atoms with Crippen LogP contribution in [0.25, 0.3) is 0 Å². The molecule has 0 saturated carbocycles. The number of benzene rings is 1. The minimum absolute atomic E-state index is 0.0973. The van der Waals surface area contributed by atoms with Crippen molar-refractivity contribution in [3.05, 3.63) is 28.8 Å². The molecular weight excluding hydrogens is 312 g/mol. The largest absolute Gasteiger partial charge is 0.376 e. The second-order valence-corrected chi connectivity index (χ2v) is 6.84. The van der Waals surface area contributed by atoms with Gasteiger partial charge in [-0.2, -0.15) is 0 Å². The Morgan fingerprint density at radius 2 is 2.33 bits per heavy atom. The van der Waals surface area contributed by atoms with Gasteiger partial charge in [-0.15, -0.1) is 0 Å². The summed E-state index contributed by atoms with van der Waals surface area (Å²) in [5.41, 5.74) is 1.39. The van der Waals surface area contributed by atoms with Crippen molar-refractivity contribution < 1.29 is 13.7 Å². The van der Waals surface area contributed by atoms with Crippen LogP contribution in [0.1, 0.15) is 18.4 Å². The number of amides is 2. The van der Waals surface area contributed by atoms with E-state index in [4.69, 9.17) is 16.3 Å². The zero-order valence-corrected chi connectivity index (χ0v) is 13.4. The van der Waals surface area contributed by atoms with E-state index >= 15 is 0 Å². The number of ether oxygens (including phenoxy) is 1. The Morgan fingerprint density at radius 1 is 1.52 bits per heavy atom. The molecule has 1 aromatic rings. The second kappa shape index (κ2) is 7.77. The van der Waals surface area contributed by atoms with Gasteiger partial charge in [-0.25, -0.2) is 4.79 Å². The highest BCUT2D eigenvalue weighted by Gasteiger charge is 2.16. The Kier molecular flexibility index (Phi) is 6.02. The van der Waals surface area contributed by atoms with E-state index in [0.29, 0.717) is 23.0 Å². The smallest absolute Gasteiger partial charge is 0.319 e. The van der Waals surface area contributed by atoms with Crippen LogP contribution in [0.4, 0.5) is 10.5 Å².